The Morgan fingerprint density at radius 1 is 0.548 bits per heavy atom. The summed E-state index contributed by atoms with van der Waals surface area (Å²) in [5.74, 6) is 2.02. The molecule has 6 heteroatoms. The SMILES string of the molecule is C[n+]1[c-]n2c3c(cccc31)C1(c3ccc(Oc4[c-]c5c(cc4)c4ccccc4n5-c4ccccn4)[c-]c3-2)c2cc(-c3ccccc3)ccc2-c2ccc(-c3ccccc3)cc21.[Pt]. The zero-order valence-corrected chi connectivity index (χ0v) is 35.7. The zero-order valence-electron chi connectivity index (χ0n) is 33.4. The maximum absolute atomic E-state index is 6.80. The molecule has 13 rings (SSSR count). The summed E-state index contributed by atoms with van der Waals surface area (Å²) in [5, 5.41) is 2.22. The third-order valence-corrected chi connectivity index (χ3v) is 12.8. The molecule has 1 aliphatic carbocycles. The average molecular weight is 974 g/mol. The number of para-hydroxylation sites is 2. The van der Waals surface area contributed by atoms with Gasteiger partial charge in [0.15, 0.2) is 0 Å². The fourth-order valence-electron chi connectivity index (χ4n) is 10.2. The van der Waals surface area contributed by atoms with E-state index in [0.717, 1.165) is 49.9 Å². The van der Waals surface area contributed by atoms with Crippen molar-refractivity contribution in [2.45, 2.75) is 5.41 Å². The summed E-state index contributed by atoms with van der Waals surface area (Å²) < 4.78 is 13.2. The van der Waals surface area contributed by atoms with Crippen molar-refractivity contribution in [3.8, 4) is 56.4 Å². The monoisotopic (exact) mass is 973 g/mol. The van der Waals surface area contributed by atoms with E-state index in [9.17, 15) is 0 Å². The van der Waals surface area contributed by atoms with E-state index in [2.05, 4.69) is 197 Å². The number of hydrogen-bond acceptors (Lipinski definition) is 2. The van der Waals surface area contributed by atoms with Crippen molar-refractivity contribution < 1.29 is 30.4 Å². The van der Waals surface area contributed by atoms with E-state index in [-0.39, 0.29) is 21.1 Å². The standard InChI is InChI=1S/C56H34N4O.Pt/c1-58-35-59-53-34-41(61-40-24-28-45-44-17-8-9-19-50(44)60(52(45)33-40)54-21-10-11-30-57-54)25-29-46(53)56(47-18-12-20-51(58)55(47)59)48-31-38(36-13-4-2-5-14-36)22-26-42(48)43-27-23-39(32-49(43)56)37-15-6-3-7-16-37;/h2-32H,1H3;/q-2;. The van der Waals surface area contributed by atoms with Gasteiger partial charge in [-0.2, -0.15) is 12.1 Å². The van der Waals surface area contributed by atoms with Crippen LogP contribution in [-0.4, -0.2) is 14.1 Å². The van der Waals surface area contributed by atoms with Gasteiger partial charge < -0.3 is 18.4 Å². The fourth-order valence-corrected chi connectivity index (χ4v) is 10.2. The number of benzene rings is 8. The third-order valence-electron chi connectivity index (χ3n) is 12.8. The van der Waals surface area contributed by atoms with Crippen LogP contribution in [0, 0.1) is 18.5 Å². The minimum absolute atomic E-state index is 0. The molecule has 0 radical (unpaired) electrons. The van der Waals surface area contributed by atoms with Crippen molar-refractivity contribution >= 4 is 32.8 Å². The average Bonchev–Trinajstić information content (AvgIpc) is 3.94. The van der Waals surface area contributed by atoms with Gasteiger partial charge in [-0.1, -0.05) is 151 Å². The van der Waals surface area contributed by atoms with Gasteiger partial charge in [-0.25, -0.2) is 4.98 Å². The number of nitrogens with zero attached hydrogens (tertiary/aromatic N) is 4. The summed E-state index contributed by atoms with van der Waals surface area (Å²) in [4.78, 5) is 4.72. The molecule has 0 unspecified atom stereocenters. The molecule has 0 fully saturated rings. The Bertz CT molecular complexity index is 3490. The van der Waals surface area contributed by atoms with E-state index in [1.165, 1.54) is 50.1 Å². The van der Waals surface area contributed by atoms with Crippen molar-refractivity contribution in [1.29, 1.82) is 0 Å². The molecule has 1 spiro atoms. The van der Waals surface area contributed by atoms with Crippen LogP contribution < -0.4 is 9.30 Å². The van der Waals surface area contributed by atoms with Crippen LogP contribution in [0.5, 0.6) is 11.5 Å². The van der Waals surface area contributed by atoms with Gasteiger partial charge in [0.25, 0.3) is 0 Å². The van der Waals surface area contributed by atoms with Gasteiger partial charge in [0.1, 0.15) is 5.82 Å². The number of pyridine rings is 1. The van der Waals surface area contributed by atoms with Crippen LogP contribution in [0.2, 0.25) is 0 Å². The Morgan fingerprint density at radius 3 is 1.92 bits per heavy atom. The number of fused-ring (bicyclic) bond motifs is 12. The Labute approximate surface area is 373 Å². The number of rotatable bonds is 5. The van der Waals surface area contributed by atoms with Crippen LogP contribution >= 0.6 is 0 Å². The molecule has 8 aromatic carbocycles. The Balaban J connectivity index is 0.00000410. The molecule has 0 saturated carbocycles. The van der Waals surface area contributed by atoms with Crippen LogP contribution in [-0.2, 0) is 33.5 Å². The summed E-state index contributed by atoms with van der Waals surface area (Å²) in [6, 6.07) is 72.4. The van der Waals surface area contributed by atoms with E-state index in [1.807, 2.05) is 30.5 Å². The van der Waals surface area contributed by atoms with Crippen LogP contribution in [0.4, 0.5) is 0 Å². The molecule has 2 aliphatic rings. The molecule has 0 atom stereocenters. The second-order valence-electron chi connectivity index (χ2n) is 16.0. The smallest absolute Gasteiger partial charge is 0.242 e. The first-order chi connectivity index (χ1) is 30.1. The second kappa shape index (κ2) is 13.9. The van der Waals surface area contributed by atoms with Crippen LogP contribution in [0.1, 0.15) is 22.3 Å². The molecule has 11 aromatic rings. The molecular weight excluding hydrogens is 940 g/mol. The first kappa shape index (κ1) is 36.5. The number of aryl methyl sites for hydroxylation is 1. The predicted molar refractivity (Wildman–Crippen MR) is 241 cm³/mol. The zero-order chi connectivity index (χ0) is 40.2. The molecule has 1 aliphatic heterocycles. The number of imidazole rings is 1. The Hall–Kier alpha value is -7.33. The van der Waals surface area contributed by atoms with E-state index in [1.54, 1.807) is 0 Å². The van der Waals surface area contributed by atoms with Crippen LogP contribution in [0.15, 0.2) is 188 Å². The largest absolute Gasteiger partial charge is 0.510 e. The molecule has 0 bridgehead atoms. The molecule has 0 amide bonds. The Kier molecular flexibility index (Phi) is 8.16. The number of aromatic nitrogens is 4. The van der Waals surface area contributed by atoms with Crippen LogP contribution in [0.3, 0.4) is 0 Å². The van der Waals surface area contributed by atoms with Crippen molar-refractivity contribution in [2.75, 3.05) is 0 Å². The normalized spacial score (nSPS) is 12.9. The molecule has 0 N–H and O–H groups in total. The maximum atomic E-state index is 6.80. The van der Waals surface area contributed by atoms with Gasteiger partial charge in [0.05, 0.1) is 18.1 Å². The first-order valence-electron chi connectivity index (χ1n) is 20.6. The molecule has 296 valence electrons. The minimum Gasteiger partial charge on any atom is -0.510 e. The summed E-state index contributed by atoms with van der Waals surface area (Å²) >= 11 is 0. The predicted octanol–water partition coefficient (Wildman–Crippen LogP) is 12.1. The maximum Gasteiger partial charge on any atom is 0.242 e. The van der Waals surface area contributed by atoms with Crippen molar-refractivity contribution in [3.05, 3.63) is 229 Å². The summed E-state index contributed by atoms with van der Waals surface area (Å²) in [6.07, 6.45) is 5.49. The third kappa shape index (κ3) is 5.12. The van der Waals surface area contributed by atoms with Crippen molar-refractivity contribution in [2.24, 2.45) is 7.05 Å². The molecule has 0 saturated heterocycles. The van der Waals surface area contributed by atoms with E-state index in [4.69, 9.17) is 9.72 Å². The number of hydrogen-bond donors (Lipinski definition) is 0. The van der Waals surface area contributed by atoms with Gasteiger partial charge in [0, 0.05) is 49.7 Å². The minimum atomic E-state index is -0.673. The fraction of sp³-hybridized carbons (Fsp3) is 0.0357. The molecular formula is C56H34N4OPt-2. The summed E-state index contributed by atoms with van der Waals surface area (Å²) in [5.41, 5.74) is 16.4. The number of ether oxygens (including phenoxy) is 1. The Morgan fingerprint density at radius 2 is 1.21 bits per heavy atom. The van der Waals surface area contributed by atoms with Gasteiger partial charge in [0.2, 0.25) is 6.33 Å². The van der Waals surface area contributed by atoms with Crippen molar-refractivity contribution in [1.82, 2.24) is 14.1 Å². The van der Waals surface area contributed by atoms with E-state index >= 15 is 0 Å². The van der Waals surface area contributed by atoms with E-state index < -0.39 is 5.41 Å². The molecule has 62 heavy (non-hydrogen) atoms. The second-order valence-corrected chi connectivity index (χ2v) is 16.0. The van der Waals surface area contributed by atoms with Gasteiger partial charge >= 0.3 is 0 Å². The van der Waals surface area contributed by atoms with Crippen LogP contribution in [0.25, 0.3) is 77.7 Å². The van der Waals surface area contributed by atoms with Gasteiger partial charge in [-0.3, -0.25) is 0 Å². The molecule has 4 heterocycles. The quantitative estimate of drug-likeness (QED) is 0.127. The summed E-state index contributed by atoms with van der Waals surface area (Å²) in [7, 11) is 2.07. The van der Waals surface area contributed by atoms with Crippen molar-refractivity contribution in [3.63, 3.8) is 0 Å². The van der Waals surface area contributed by atoms with E-state index in [0.29, 0.717) is 11.5 Å². The molecule has 3 aromatic heterocycles. The topological polar surface area (TPSA) is 35.9 Å². The summed E-state index contributed by atoms with van der Waals surface area (Å²) in [6.45, 7) is 0. The molecule has 5 nitrogen and oxygen atoms in total. The van der Waals surface area contributed by atoms with Gasteiger partial charge in [-0.15, -0.1) is 35.2 Å². The van der Waals surface area contributed by atoms with Gasteiger partial charge in [-0.05, 0) is 73.7 Å². The first-order valence-corrected chi connectivity index (χ1v) is 20.6.